The fraction of sp³-hybridized carbons (Fsp3) is 0.429. The van der Waals surface area contributed by atoms with Gasteiger partial charge < -0.3 is 20.1 Å². The molecule has 0 fully saturated rings. The van der Waals surface area contributed by atoms with Gasteiger partial charge in [-0.3, -0.25) is 0 Å². The summed E-state index contributed by atoms with van der Waals surface area (Å²) in [5.74, 6) is 1.76. The predicted molar refractivity (Wildman–Crippen MR) is 110 cm³/mol. The third-order valence-corrected chi connectivity index (χ3v) is 4.71. The first-order valence-corrected chi connectivity index (χ1v) is 9.80. The van der Waals surface area contributed by atoms with Gasteiger partial charge in [0.1, 0.15) is 5.76 Å². The number of aliphatic imine (C=N–C) groups is 1. The van der Waals surface area contributed by atoms with E-state index in [4.69, 9.17) is 9.52 Å². The Bertz CT molecular complexity index is 872. The first-order chi connectivity index (χ1) is 13.3. The maximum absolute atomic E-state index is 5.44. The van der Waals surface area contributed by atoms with Crippen LogP contribution in [-0.2, 0) is 25.8 Å². The highest BCUT2D eigenvalue weighted by atomic mass is 16.5. The summed E-state index contributed by atoms with van der Waals surface area (Å²) in [5.41, 5.74) is 4.62. The zero-order valence-corrected chi connectivity index (χ0v) is 16.4. The summed E-state index contributed by atoms with van der Waals surface area (Å²) in [6.07, 6.45) is 4.72. The van der Waals surface area contributed by atoms with Crippen LogP contribution < -0.4 is 10.6 Å². The number of aryl methyl sites for hydroxylation is 2. The Kier molecular flexibility index (Phi) is 6.52. The van der Waals surface area contributed by atoms with E-state index in [1.54, 1.807) is 0 Å². The summed E-state index contributed by atoms with van der Waals surface area (Å²) in [6, 6.07) is 8.39. The number of rotatable bonds is 8. The van der Waals surface area contributed by atoms with Gasteiger partial charge in [-0.15, -0.1) is 0 Å². The van der Waals surface area contributed by atoms with E-state index in [2.05, 4.69) is 72.0 Å². The van der Waals surface area contributed by atoms with Crippen LogP contribution in [0, 0.1) is 0 Å². The molecule has 27 heavy (non-hydrogen) atoms. The molecule has 0 amide bonds. The van der Waals surface area contributed by atoms with Gasteiger partial charge in [-0.2, -0.15) is 0 Å². The molecule has 1 aromatic carbocycles. The normalized spacial score (nSPS) is 11.9. The number of hydrogen-bond donors (Lipinski definition) is 3. The summed E-state index contributed by atoms with van der Waals surface area (Å²) in [6.45, 7) is 8.47. The molecule has 0 spiro atoms. The van der Waals surface area contributed by atoms with Crippen LogP contribution in [0.15, 0.2) is 40.0 Å². The number of aromatic nitrogens is 2. The Balaban J connectivity index is 1.63. The first kappa shape index (κ1) is 19.0. The van der Waals surface area contributed by atoms with Crippen molar-refractivity contribution in [1.29, 1.82) is 0 Å². The smallest absolute Gasteiger partial charge is 0.191 e. The molecule has 0 radical (unpaired) electrons. The van der Waals surface area contributed by atoms with Crippen LogP contribution in [0.2, 0.25) is 0 Å². The monoisotopic (exact) mass is 367 g/mol. The highest BCUT2D eigenvalue weighted by molar-refractivity contribution is 5.83. The minimum absolute atomic E-state index is 0.582. The lowest BCUT2D eigenvalue weighted by Crippen LogP contribution is -2.38. The standard InChI is InChI=1S/C21H29N5O/c1-4-18-17(20(5-2)27-26-18)14-25-21(22-6-3)23-12-11-15-13-24-19-10-8-7-9-16(15)19/h7-10,13,24H,4-6,11-12,14H2,1-3H3,(H2,22,23,25). The molecule has 0 saturated carbocycles. The molecule has 0 unspecified atom stereocenters. The van der Waals surface area contributed by atoms with Gasteiger partial charge in [0, 0.05) is 42.2 Å². The minimum Gasteiger partial charge on any atom is -0.361 e. The van der Waals surface area contributed by atoms with Crippen LogP contribution >= 0.6 is 0 Å². The molecule has 144 valence electrons. The van der Waals surface area contributed by atoms with Crippen molar-refractivity contribution in [3.05, 3.63) is 53.0 Å². The second-order valence-corrected chi connectivity index (χ2v) is 6.47. The van der Waals surface area contributed by atoms with Crippen molar-refractivity contribution in [3.63, 3.8) is 0 Å². The van der Waals surface area contributed by atoms with Gasteiger partial charge in [0.2, 0.25) is 0 Å². The van der Waals surface area contributed by atoms with Crippen molar-refractivity contribution in [2.75, 3.05) is 13.1 Å². The molecule has 0 bridgehead atoms. The lowest BCUT2D eigenvalue weighted by atomic mass is 10.1. The number of fused-ring (bicyclic) bond motifs is 1. The molecular formula is C21H29N5O. The van der Waals surface area contributed by atoms with Crippen LogP contribution in [0.1, 0.15) is 43.4 Å². The molecule has 0 saturated heterocycles. The van der Waals surface area contributed by atoms with Crippen LogP contribution in [0.4, 0.5) is 0 Å². The van der Waals surface area contributed by atoms with E-state index in [1.165, 1.54) is 16.5 Å². The summed E-state index contributed by atoms with van der Waals surface area (Å²) in [5, 5.41) is 12.2. The zero-order chi connectivity index (χ0) is 19.1. The van der Waals surface area contributed by atoms with Crippen LogP contribution in [-0.4, -0.2) is 29.2 Å². The largest absolute Gasteiger partial charge is 0.361 e. The number of nitrogens with one attached hydrogen (secondary N) is 3. The molecule has 6 heteroatoms. The second-order valence-electron chi connectivity index (χ2n) is 6.47. The van der Waals surface area contributed by atoms with Gasteiger partial charge in [0.15, 0.2) is 5.96 Å². The second kappa shape index (κ2) is 9.26. The molecule has 0 aliphatic heterocycles. The Morgan fingerprint density at radius 3 is 2.78 bits per heavy atom. The van der Waals surface area contributed by atoms with Crippen molar-refractivity contribution in [3.8, 4) is 0 Å². The maximum Gasteiger partial charge on any atom is 0.191 e. The maximum atomic E-state index is 5.44. The predicted octanol–water partition coefficient (Wildman–Crippen LogP) is 3.58. The SMILES string of the molecule is CCNC(=NCc1c(CC)noc1CC)NCCc1c[nH]c2ccccc12. The number of guanidine groups is 1. The fourth-order valence-corrected chi connectivity index (χ4v) is 3.27. The molecule has 2 aromatic heterocycles. The van der Waals surface area contributed by atoms with E-state index < -0.39 is 0 Å². The first-order valence-electron chi connectivity index (χ1n) is 9.80. The number of H-pyrrole nitrogens is 1. The zero-order valence-electron chi connectivity index (χ0n) is 16.4. The Hall–Kier alpha value is -2.76. The number of aromatic amines is 1. The van der Waals surface area contributed by atoms with Gasteiger partial charge in [0.25, 0.3) is 0 Å². The van der Waals surface area contributed by atoms with Crippen molar-refractivity contribution >= 4 is 16.9 Å². The van der Waals surface area contributed by atoms with Crippen LogP contribution in [0.3, 0.4) is 0 Å². The van der Waals surface area contributed by atoms with E-state index >= 15 is 0 Å². The van der Waals surface area contributed by atoms with E-state index in [0.29, 0.717) is 6.54 Å². The number of nitrogens with zero attached hydrogens (tertiary/aromatic N) is 2. The van der Waals surface area contributed by atoms with Crippen LogP contribution in [0.5, 0.6) is 0 Å². The van der Waals surface area contributed by atoms with E-state index in [0.717, 1.165) is 55.3 Å². The quantitative estimate of drug-likeness (QED) is 0.420. The third-order valence-electron chi connectivity index (χ3n) is 4.71. The number of para-hydroxylation sites is 1. The topological polar surface area (TPSA) is 78.2 Å². The highest BCUT2D eigenvalue weighted by Crippen LogP contribution is 2.18. The average Bonchev–Trinajstić information content (AvgIpc) is 3.29. The number of benzene rings is 1. The fourth-order valence-electron chi connectivity index (χ4n) is 3.27. The van der Waals surface area contributed by atoms with Crippen molar-refractivity contribution in [1.82, 2.24) is 20.8 Å². The third kappa shape index (κ3) is 4.51. The number of hydrogen-bond acceptors (Lipinski definition) is 3. The molecule has 2 heterocycles. The molecule has 0 aliphatic rings. The highest BCUT2D eigenvalue weighted by Gasteiger charge is 2.13. The molecule has 3 rings (SSSR count). The summed E-state index contributed by atoms with van der Waals surface area (Å²) < 4.78 is 5.44. The van der Waals surface area contributed by atoms with E-state index in [1.807, 2.05) is 0 Å². The summed E-state index contributed by atoms with van der Waals surface area (Å²) in [7, 11) is 0. The summed E-state index contributed by atoms with van der Waals surface area (Å²) in [4.78, 5) is 8.07. The van der Waals surface area contributed by atoms with Gasteiger partial charge in [-0.1, -0.05) is 37.2 Å². The van der Waals surface area contributed by atoms with E-state index in [9.17, 15) is 0 Å². The molecular weight excluding hydrogens is 338 g/mol. The molecule has 6 nitrogen and oxygen atoms in total. The molecule has 0 aliphatic carbocycles. The lowest BCUT2D eigenvalue weighted by Gasteiger charge is -2.11. The Labute approximate surface area is 160 Å². The lowest BCUT2D eigenvalue weighted by molar-refractivity contribution is 0.380. The van der Waals surface area contributed by atoms with E-state index in [-0.39, 0.29) is 0 Å². The molecule has 0 atom stereocenters. The van der Waals surface area contributed by atoms with Gasteiger partial charge in [0.05, 0.1) is 12.2 Å². The van der Waals surface area contributed by atoms with Gasteiger partial charge in [-0.25, -0.2) is 4.99 Å². The summed E-state index contributed by atoms with van der Waals surface area (Å²) >= 11 is 0. The molecule has 3 N–H and O–H groups in total. The Morgan fingerprint density at radius 2 is 2.00 bits per heavy atom. The van der Waals surface area contributed by atoms with Gasteiger partial charge in [-0.05, 0) is 31.4 Å². The molecule has 3 aromatic rings. The van der Waals surface area contributed by atoms with Crippen molar-refractivity contribution < 1.29 is 4.52 Å². The van der Waals surface area contributed by atoms with Crippen molar-refractivity contribution in [2.24, 2.45) is 4.99 Å². The Morgan fingerprint density at radius 1 is 1.15 bits per heavy atom. The van der Waals surface area contributed by atoms with Gasteiger partial charge >= 0.3 is 0 Å². The minimum atomic E-state index is 0.582. The van der Waals surface area contributed by atoms with Crippen LogP contribution in [0.25, 0.3) is 10.9 Å². The van der Waals surface area contributed by atoms with Crippen molar-refractivity contribution in [2.45, 2.75) is 46.6 Å². The average molecular weight is 367 g/mol.